The number of Topliss-reactive ketones (excluding diaryl/α,β-unsaturated/α-hetero) is 1. The standard InChI is InChI=1S/C35H35NO8/c1-5-42-34(39)33-21-8-7-19-20(9-11-25(38)27(19)18-6-10-24-17(14-18)12-13-36-24)28(21)29-31(41-4)22-15-26(35(2,3)40)43-30(22)23(16-37)32(29)44-33/h6-8,10,12,14,19,26-27,37,40H,5,9,11,13,15-16H2,1-4H3. The number of hydrogen-bond acceptors (Lipinski definition) is 9. The summed E-state index contributed by atoms with van der Waals surface area (Å²) in [6.45, 7) is 5.43. The van der Waals surface area contributed by atoms with Crippen LogP contribution in [-0.4, -0.2) is 53.9 Å². The number of carbonyl (C=O) groups excluding carboxylic acids is 2. The third-order valence-electron chi connectivity index (χ3n) is 9.30. The van der Waals surface area contributed by atoms with Crippen LogP contribution in [0.4, 0.5) is 0 Å². The molecule has 0 amide bonds. The van der Waals surface area contributed by atoms with Crippen molar-refractivity contribution < 1.29 is 38.7 Å². The van der Waals surface area contributed by atoms with E-state index in [1.54, 1.807) is 27.9 Å². The zero-order valence-electron chi connectivity index (χ0n) is 25.2. The fourth-order valence-corrected chi connectivity index (χ4v) is 7.25. The molecule has 2 aliphatic carbocycles. The highest BCUT2D eigenvalue weighted by Gasteiger charge is 2.46. The SMILES string of the molecule is CCOC(=O)C1=C2C=CC3C(=C2c2c(OC)c4c(c(CO)c2O1)OC(C(C)(C)O)C4)CCC(=O)C3c1ccc2c(c1)=CCN=2. The van der Waals surface area contributed by atoms with E-state index >= 15 is 0 Å². The first kappa shape index (κ1) is 28.6. The Labute approximate surface area is 254 Å². The van der Waals surface area contributed by atoms with Crippen LogP contribution in [0.1, 0.15) is 61.8 Å². The molecular weight excluding hydrogens is 562 g/mol. The summed E-state index contributed by atoms with van der Waals surface area (Å²) >= 11 is 0. The second kappa shape index (κ2) is 10.5. The van der Waals surface area contributed by atoms with Crippen molar-refractivity contribution in [3.63, 3.8) is 0 Å². The molecule has 0 aromatic heterocycles. The summed E-state index contributed by atoms with van der Waals surface area (Å²) in [5.41, 5.74) is 3.74. The fraction of sp³-hybridized carbons (Fsp3) is 0.400. The van der Waals surface area contributed by atoms with Gasteiger partial charge in [0.1, 0.15) is 29.1 Å². The van der Waals surface area contributed by atoms with Gasteiger partial charge in [-0.3, -0.25) is 9.79 Å². The molecule has 3 atom stereocenters. The Bertz CT molecular complexity index is 1840. The molecule has 7 rings (SSSR count). The molecule has 2 aromatic rings. The van der Waals surface area contributed by atoms with Crippen molar-refractivity contribution >= 4 is 23.4 Å². The second-order valence-electron chi connectivity index (χ2n) is 12.3. The lowest BCUT2D eigenvalue weighted by atomic mass is 9.66. The molecule has 44 heavy (non-hydrogen) atoms. The Morgan fingerprint density at radius 2 is 2.02 bits per heavy atom. The summed E-state index contributed by atoms with van der Waals surface area (Å²) in [5.74, 6) is -0.0162. The lowest BCUT2D eigenvalue weighted by Gasteiger charge is -2.38. The molecule has 228 valence electrons. The Balaban J connectivity index is 1.48. The molecule has 2 N–H and O–H groups in total. The number of benzene rings is 2. The monoisotopic (exact) mass is 597 g/mol. The molecule has 9 heteroatoms. The maximum Gasteiger partial charge on any atom is 0.374 e. The summed E-state index contributed by atoms with van der Waals surface area (Å²) in [6, 6.07) is 6.03. The van der Waals surface area contributed by atoms with Crippen LogP contribution in [0.15, 0.2) is 52.2 Å². The van der Waals surface area contributed by atoms with Gasteiger partial charge in [0.15, 0.2) is 0 Å². The van der Waals surface area contributed by atoms with Crippen LogP contribution in [0.2, 0.25) is 0 Å². The molecule has 3 unspecified atom stereocenters. The number of esters is 1. The first-order valence-corrected chi connectivity index (χ1v) is 15.1. The van der Waals surface area contributed by atoms with Gasteiger partial charge in [0, 0.05) is 35.5 Å². The van der Waals surface area contributed by atoms with Gasteiger partial charge < -0.3 is 29.2 Å². The third-order valence-corrected chi connectivity index (χ3v) is 9.30. The zero-order valence-corrected chi connectivity index (χ0v) is 25.2. The van der Waals surface area contributed by atoms with E-state index in [1.807, 2.05) is 24.3 Å². The maximum absolute atomic E-state index is 13.6. The number of allylic oxidation sites excluding steroid dienone is 5. The molecule has 9 nitrogen and oxygen atoms in total. The molecule has 0 radical (unpaired) electrons. The van der Waals surface area contributed by atoms with E-state index in [0.29, 0.717) is 59.6 Å². The lowest BCUT2D eigenvalue weighted by molar-refractivity contribution is -0.141. The van der Waals surface area contributed by atoms with Gasteiger partial charge in [-0.15, -0.1) is 0 Å². The van der Waals surface area contributed by atoms with Crippen LogP contribution < -0.4 is 24.8 Å². The van der Waals surface area contributed by atoms with E-state index < -0.39 is 30.2 Å². The van der Waals surface area contributed by atoms with Crippen LogP contribution in [0.3, 0.4) is 0 Å². The van der Waals surface area contributed by atoms with Crippen molar-refractivity contribution in [1.82, 2.24) is 0 Å². The van der Waals surface area contributed by atoms with E-state index in [-0.39, 0.29) is 29.8 Å². The predicted molar refractivity (Wildman–Crippen MR) is 161 cm³/mol. The number of ketones is 1. The summed E-state index contributed by atoms with van der Waals surface area (Å²) in [6.07, 6.45) is 6.49. The Kier molecular flexibility index (Phi) is 6.78. The number of fused-ring (bicyclic) bond motifs is 6. The van der Waals surface area contributed by atoms with E-state index in [0.717, 1.165) is 27.3 Å². The molecule has 0 spiro atoms. The van der Waals surface area contributed by atoms with Gasteiger partial charge >= 0.3 is 5.97 Å². The second-order valence-corrected chi connectivity index (χ2v) is 12.3. The van der Waals surface area contributed by atoms with Crippen molar-refractivity contribution in [2.24, 2.45) is 10.9 Å². The van der Waals surface area contributed by atoms with E-state index in [9.17, 15) is 19.8 Å². The molecule has 0 bridgehead atoms. The van der Waals surface area contributed by atoms with E-state index in [2.05, 4.69) is 17.1 Å². The maximum atomic E-state index is 13.6. The minimum Gasteiger partial charge on any atom is -0.496 e. The average molecular weight is 598 g/mol. The minimum absolute atomic E-state index is 0.00693. The third kappa shape index (κ3) is 4.24. The number of rotatable bonds is 6. The highest BCUT2D eigenvalue weighted by atomic mass is 16.6. The van der Waals surface area contributed by atoms with Gasteiger partial charge in [-0.05, 0) is 50.1 Å². The quantitative estimate of drug-likeness (QED) is 0.488. The van der Waals surface area contributed by atoms with Crippen molar-refractivity contribution in [3.8, 4) is 17.2 Å². The Morgan fingerprint density at radius 1 is 1.20 bits per heavy atom. The van der Waals surface area contributed by atoms with Crippen molar-refractivity contribution in [2.75, 3.05) is 20.3 Å². The van der Waals surface area contributed by atoms with Crippen LogP contribution in [0, 0.1) is 5.92 Å². The largest absolute Gasteiger partial charge is 0.496 e. The number of carbonyl (C=O) groups is 2. The van der Waals surface area contributed by atoms with Crippen LogP contribution in [-0.2, 0) is 27.4 Å². The van der Waals surface area contributed by atoms with Crippen LogP contribution in [0.5, 0.6) is 17.2 Å². The molecule has 3 heterocycles. The molecular formula is C35H35NO8. The first-order valence-electron chi connectivity index (χ1n) is 15.1. The lowest BCUT2D eigenvalue weighted by Crippen LogP contribution is -2.39. The van der Waals surface area contributed by atoms with Gasteiger partial charge in [0.05, 0.1) is 54.9 Å². The van der Waals surface area contributed by atoms with Crippen LogP contribution in [0.25, 0.3) is 11.6 Å². The number of aliphatic hydroxyl groups excluding tert-OH is 1. The normalized spacial score (nSPS) is 23.0. The summed E-state index contributed by atoms with van der Waals surface area (Å²) in [4.78, 5) is 31.5. The molecule has 1 saturated carbocycles. The number of methoxy groups -OCH3 is 1. The van der Waals surface area contributed by atoms with E-state index in [4.69, 9.17) is 18.9 Å². The van der Waals surface area contributed by atoms with Gasteiger partial charge in [0.2, 0.25) is 5.76 Å². The number of hydrogen-bond donors (Lipinski definition) is 2. The highest BCUT2D eigenvalue weighted by Crippen LogP contribution is 2.58. The smallest absolute Gasteiger partial charge is 0.374 e. The summed E-state index contributed by atoms with van der Waals surface area (Å²) in [7, 11) is 1.57. The molecule has 2 aromatic carbocycles. The van der Waals surface area contributed by atoms with Gasteiger partial charge in [-0.2, -0.15) is 0 Å². The number of aliphatic hydroxyl groups is 2. The number of nitrogens with zero attached hydrogens (tertiary/aromatic N) is 1. The molecule has 5 aliphatic rings. The van der Waals surface area contributed by atoms with Crippen LogP contribution >= 0.6 is 0 Å². The summed E-state index contributed by atoms with van der Waals surface area (Å²) < 4.78 is 24.1. The average Bonchev–Trinajstić information content (AvgIpc) is 3.66. The van der Waals surface area contributed by atoms with Gasteiger partial charge in [0.25, 0.3) is 0 Å². The Hall–Kier alpha value is -4.21. The highest BCUT2D eigenvalue weighted by molar-refractivity contribution is 6.03. The van der Waals surface area contributed by atoms with Gasteiger partial charge in [-0.25, -0.2) is 4.79 Å². The van der Waals surface area contributed by atoms with E-state index in [1.165, 1.54) is 0 Å². The predicted octanol–water partition coefficient (Wildman–Crippen LogP) is 2.97. The molecule has 1 fully saturated rings. The Morgan fingerprint density at radius 3 is 2.75 bits per heavy atom. The summed E-state index contributed by atoms with van der Waals surface area (Å²) in [5, 5.41) is 23.5. The topological polar surface area (TPSA) is 124 Å². The first-order chi connectivity index (χ1) is 21.2. The molecule has 3 aliphatic heterocycles. The zero-order chi connectivity index (χ0) is 30.9. The minimum atomic E-state index is -1.17. The van der Waals surface area contributed by atoms with Gasteiger partial charge in [-0.1, -0.05) is 29.9 Å². The van der Waals surface area contributed by atoms with Crippen molar-refractivity contribution in [3.05, 3.63) is 80.1 Å². The fourth-order valence-electron chi connectivity index (χ4n) is 7.25. The molecule has 0 saturated heterocycles. The van der Waals surface area contributed by atoms with Crippen molar-refractivity contribution in [2.45, 2.75) is 64.3 Å². The van der Waals surface area contributed by atoms with Crippen molar-refractivity contribution in [1.29, 1.82) is 0 Å². The number of ether oxygens (including phenoxy) is 4.